The highest BCUT2D eigenvalue weighted by atomic mass is 16.2. The summed E-state index contributed by atoms with van der Waals surface area (Å²) in [7, 11) is 0. The maximum atomic E-state index is 12.5. The molecule has 0 bridgehead atoms. The van der Waals surface area contributed by atoms with Crippen molar-refractivity contribution in [2.75, 3.05) is 13.1 Å². The van der Waals surface area contributed by atoms with E-state index in [0.717, 1.165) is 37.1 Å². The number of carbonyl (C=O) groups is 1. The Kier molecular flexibility index (Phi) is 4.29. The average molecular weight is 280 g/mol. The highest BCUT2D eigenvalue weighted by molar-refractivity contribution is 5.92. The Morgan fingerprint density at radius 3 is 2.19 bits per heavy atom. The zero-order valence-corrected chi connectivity index (χ0v) is 12.2. The Hall–Kier alpha value is -2.16. The van der Waals surface area contributed by atoms with Crippen LogP contribution in [0.4, 0.5) is 0 Å². The van der Waals surface area contributed by atoms with Crippen molar-refractivity contribution in [1.29, 1.82) is 0 Å². The Bertz CT molecular complexity index is 584. The van der Waals surface area contributed by atoms with Crippen LogP contribution in [-0.4, -0.2) is 28.9 Å². The normalized spacial score (nSPS) is 15.5. The van der Waals surface area contributed by atoms with Crippen LogP contribution in [0, 0.1) is 0 Å². The minimum Gasteiger partial charge on any atom is -0.337 e. The molecular weight excluding hydrogens is 260 g/mol. The van der Waals surface area contributed by atoms with E-state index in [0.29, 0.717) is 5.69 Å². The van der Waals surface area contributed by atoms with Gasteiger partial charge in [0.25, 0.3) is 5.91 Å². The van der Waals surface area contributed by atoms with E-state index >= 15 is 0 Å². The summed E-state index contributed by atoms with van der Waals surface area (Å²) in [5.74, 6) is 0.0662. The highest BCUT2D eigenvalue weighted by Gasteiger charge is 2.18. The Morgan fingerprint density at radius 1 is 0.857 bits per heavy atom. The van der Waals surface area contributed by atoms with Crippen molar-refractivity contribution in [2.45, 2.75) is 25.7 Å². The average Bonchev–Trinajstić information content (AvgIpc) is 2.84. The van der Waals surface area contributed by atoms with Crippen LogP contribution in [0.25, 0.3) is 11.1 Å². The molecule has 0 aliphatic carbocycles. The van der Waals surface area contributed by atoms with Gasteiger partial charge in [-0.3, -0.25) is 9.78 Å². The number of likely N-dealkylation sites (tertiary alicyclic amines) is 1. The summed E-state index contributed by atoms with van der Waals surface area (Å²) in [5, 5.41) is 0. The molecule has 3 heteroatoms. The first-order valence-corrected chi connectivity index (χ1v) is 7.65. The summed E-state index contributed by atoms with van der Waals surface area (Å²) >= 11 is 0. The van der Waals surface area contributed by atoms with Crippen molar-refractivity contribution in [3.05, 3.63) is 54.4 Å². The van der Waals surface area contributed by atoms with Gasteiger partial charge in [0.05, 0.1) is 0 Å². The molecule has 2 aromatic rings. The van der Waals surface area contributed by atoms with Gasteiger partial charge in [0.1, 0.15) is 5.69 Å². The fourth-order valence-corrected chi connectivity index (χ4v) is 2.76. The molecular formula is C18H20N2O. The number of pyridine rings is 1. The van der Waals surface area contributed by atoms with Crippen molar-refractivity contribution in [2.24, 2.45) is 0 Å². The van der Waals surface area contributed by atoms with Crippen molar-refractivity contribution in [3.63, 3.8) is 0 Å². The van der Waals surface area contributed by atoms with Crippen molar-refractivity contribution in [3.8, 4) is 11.1 Å². The quantitative estimate of drug-likeness (QED) is 0.839. The van der Waals surface area contributed by atoms with Gasteiger partial charge in [-0.1, -0.05) is 49.2 Å². The molecule has 0 spiro atoms. The van der Waals surface area contributed by atoms with Crippen LogP contribution in [0.5, 0.6) is 0 Å². The van der Waals surface area contributed by atoms with Crippen molar-refractivity contribution >= 4 is 5.91 Å². The first kappa shape index (κ1) is 13.8. The van der Waals surface area contributed by atoms with Gasteiger partial charge in [-0.25, -0.2) is 0 Å². The molecule has 21 heavy (non-hydrogen) atoms. The fraction of sp³-hybridized carbons (Fsp3) is 0.333. The van der Waals surface area contributed by atoms with E-state index in [9.17, 15) is 4.79 Å². The van der Waals surface area contributed by atoms with Crippen molar-refractivity contribution < 1.29 is 4.79 Å². The third kappa shape index (κ3) is 3.30. The predicted octanol–water partition coefficient (Wildman–Crippen LogP) is 3.76. The standard InChI is InChI=1S/C18H20N2O/c21-18(20-12-6-1-2-7-13-20)17-11-10-16(14-19-17)15-8-4-3-5-9-15/h3-5,8-11,14H,1-2,6-7,12-13H2. The molecule has 1 saturated heterocycles. The Balaban J connectivity index is 1.76. The zero-order valence-electron chi connectivity index (χ0n) is 12.2. The van der Waals surface area contributed by atoms with Gasteiger partial charge in [0.2, 0.25) is 0 Å². The molecule has 0 N–H and O–H groups in total. The minimum absolute atomic E-state index is 0.0662. The van der Waals surface area contributed by atoms with Crippen LogP contribution >= 0.6 is 0 Å². The number of benzene rings is 1. The number of carbonyl (C=O) groups excluding carboxylic acids is 1. The summed E-state index contributed by atoms with van der Waals surface area (Å²) in [6.45, 7) is 1.72. The maximum absolute atomic E-state index is 12.5. The van der Waals surface area contributed by atoms with E-state index in [-0.39, 0.29) is 5.91 Å². The topological polar surface area (TPSA) is 33.2 Å². The maximum Gasteiger partial charge on any atom is 0.272 e. The number of amides is 1. The van der Waals surface area contributed by atoms with Gasteiger partial charge < -0.3 is 4.90 Å². The lowest BCUT2D eigenvalue weighted by Gasteiger charge is -2.19. The van der Waals surface area contributed by atoms with E-state index < -0.39 is 0 Å². The number of aromatic nitrogens is 1. The van der Waals surface area contributed by atoms with Crippen molar-refractivity contribution in [1.82, 2.24) is 9.88 Å². The fourth-order valence-electron chi connectivity index (χ4n) is 2.76. The van der Waals surface area contributed by atoms with Gasteiger partial charge in [-0.15, -0.1) is 0 Å². The molecule has 2 heterocycles. The molecule has 3 nitrogen and oxygen atoms in total. The second kappa shape index (κ2) is 6.53. The lowest BCUT2D eigenvalue weighted by Crippen LogP contribution is -2.32. The third-order valence-corrected chi connectivity index (χ3v) is 3.98. The van der Waals surface area contributed by atoms with Gasteiger partial charge in [0.15, 0.2) is 0 Å². The molecule has 1 aromatic heterocycles. The lowest BCUT2D eigenvalue weighted by molar-refractivity contribution is 0.0756. The number of hydrogen-bond donors (Lipinski definition) is 0. The molecule has 1 aliphatic rings. The Morgan fingerprint density at radius 2 is 1.57 bits per heavy atom. The number of nitrogens with zero attached hydrogens (tertiary/aromatic N) is 2. The highest BCUT2D eigenvalue weighted by Crippen LogP contribution is 2.19. The molecule has 0 saturated carbocycles. The molecule has 0 unspecified atom stereocenters. The van der Waals surface area contributed by atoms with Crippen LogP contribution in [0.3, 0.4) is 0 Å². The zero-order chi connectivity index (χ0) is 14.5. The van der Waals surface area contributed by atoms with Gasteiger partial charge >= 0.3 is 0 Å². The Labute approximate surface area is 125 Å². The van der Waals surface area contributed by atoms with Gasteiger partial charge in [0, 0.05) is 24.8 Å². The summed E-state index contributed by atoms with van der Waals surface area (Å²) < 4.78 is 0. The van der Waals surface area contributed by atoms with Crippen LogP contribution < -0.4 is 0 Å². The summed E-state index contributed by atoms with van der Waals surface area (Å²) in [4.78, 5) is 18.8. The molecule has 0 atom stereocenters. The SMILES string of the molecule is O=C(c1ccc(-c2ccccc2)cn1)N1CCCCCC1. The largest absolute Gasteiger partial charge is 0.337 e. The lowest BCUT2D eigenvalue weighted by atomic mass is 10.1. The predicted molar refractivity (Wildman–Crippen MR) is 84.0 cm³/mol. The number of hydrogen-bond acceptors (Lipinski definition) is 2. The summed E-state index contributed by atoms with van der Waals surface area (Å²) in [5.41, 5.74) is 2.72. The molecule has 1 amide bonds. The van der Waals surface area contributed by atoms with E-state index in [2.05, 4.69) is 4.98 Å². The second-order valence-electron chi connectivity index (χ2n) is 5.50. The monoisotopic (exact) mass is 280 g/mol. The first-order chi connectivity index (χ1) is 10.3. The number of rotatable bonds is 2. The first-order valence-electron chi connectivity index (χ1n) is 7.65. The minimum atomic E-state index is 0.0662. The van der Waals surface area contributed by atoms with E-state index in [1.165, 1.54) is 12.8 Å². The smallest absolute Gasteiger partial charge is 0.272 e. The van der Waals surface area contributed by atoms with E-state index in [1.807, 2.05) is 47.4 Å². The van der Waals surface area contributed by atoms with E-state index in [4.69, 9.17) is 0 Å². The van der Waals surface area contributed by atoms with Crippen LogP contribution in [0.2, 0.25) is 0 Å². The molecule has 1 aromatic carbocycles. The van der Waals surface area contributed by atoms with Gasteiger partial charge in [-0.2, -0.15) is 0 Å². The molecule has 1 fully saturated rings. The van der Waals surface area contributed by atoms with Crippen LogP contribution in [0.15, 0.2) is 48.7 Å². The van der Waals surface area contributed by atoms with Crippen LogP contribution in [0.1, 0.15) is 36.2 Å². The molecule has 108 valence electrons. The third-order valence-electron chi connectivity index (χ3n) is 3.98. The summed E-state index contributed by atoms with van der Waals surface area (Å²) in [6, 6.07) is 13.9. The van der Waals surface area contributed by atoms with Crippen LogP contribution in [-0.2, 0) is 0 Å². The molecule has 3 rings (SSSR count). The second-order valence-corrected chi connectivity index (χ2v) is 5.50. The molecule has 1 aliphatic heterocycles. The molecule has 0 radical (unpaired) electrons. The van der Waals surface area contributed by atoms with Gasteiger partial charge in [-0.05, 0) is 24.5 Å². The summed E-state index contributed by atoms with van der Waals surface area (Å²) in [6.07, 6.45) is 6.45. The van der Waals surface area contributed by atoms with E-state index in [1.54, 1.807) is 6.20 Å².